The molecule has 32 heavy (non-hydrogen) atoms. The lowest BCUT2D eigenvalue weighted by molar-refractivity contribution is -0.140. The molecule has 0 aliphatic heterocycles. The maximum atomic E-state index is 14.5. The Morgan fingerprint density at radius 1 is 1.12 bits per heavy atom. The monoisotopic (exact) mass is 472 g/mol. The number of anilines is 2. The summed E-state index contributed by atoms with van der Waals surface area (Å²) in [6.07, 6.45) is -5.16. The first-order valence-corrected chi connectivity index (χ1v) is 9.27. The van der Waals surface area contributed by atoms with Crippen molar-refractivity contribution in [1.29, 1.82) is 5.26 Å². The van der Waals surface area contributed by atoms with E-state index in [9.17, 15) is 31.5 Å². The third-order valence-electron chi connectivity index (χ3n) is 4.55. The highest BCUT2D eigenvalue weighted by Gasteiger charge is 2.40. The highest BCUT2D eigenvalue weighted by Crippen LogP contribution is 2.37. The topological polar surface area (TPSA) is 85.2 Å². The predicted octanol–water partition coefficient (Wildman–Crippen LogP) is 4.28. The van der Waals surface area contributed by atoms with Crippen LogP contribution < -0.4 is 14.9 Å². The summed E-state index contributed by atoms with van der Waals surface area (Å²) in [6, 6.07) is 6.24. The van der Waals surface area contributed by atoms with Crippen LogP contribution in [0.4, 0.5) is 33.3 Å². The third kappa shape index (κ3) is 4.77. The number of nitrogens with zero attached hydrogens (tertiary/aromatic N) is 2. The Kier molecular flexibility index (Phi) is 7.04. The molecule has 2 rings (SSSR count). The van der Waals surface area contributed by atoms with E-state index in [1.54, 1.807) is 0 Å². The van der Waals surface area contributed by atoms with Crippen LogP contribution in [-0.4, -0.2) is 24.4 Å². The van der Waals surface area contributed by atoms with Crippen molar-refractivity contribution in [3.05, 3.63) is 58.7 Å². The SMILES string of the molecule is CNC(=O)c1ccc(N(S)C(C)(C)C(=O)Nc2ccc(C#N)c(C(F)(F)F)c2F)cc1F. The maximum Gasteiger partial charge on any atom is 0.420 e. The standard InChI is InChI=1S/C20H17F5N4O2S/c1-19(2,29(32)11-5-6-12(13(21)8-11)17(30)27-3)18(31)28-14-7-4-10(9-26)15(16(14)22)20(23,24)25/h4-8,32H,1-3H3,(H,27,30)(H,28,31). The zero-order valence-electron chi connectivity index (χ0n) is 16.9. The number of carbonyl (C=O) groups is 2. The van der Waals surface area contributed by atoms with Crippen molar-refractivity contribution in [2.24, 2.45) is 0 Å². The van der Waals surface area contributed by atoms with E-state index in [2.05, 4.69) is 18.1 Å². The zero-order chi connectivity index (χ0) is 24.4. The molecular weight excluding hydrogens is 455 g/mol. The second-order valence-corrected chi connectivity index (χ2v) is 7.43. The normalized spacial score (nSPS) is 11.5. The Bertz CT molecular complexity index is 1110. The number of thiol groups is 1. The summed E-state index contributed by atoms with van der Waals surface area (Å²) in [7, 11) is 1.32. The van der Waals surface area contributed by atoms with Crippen LogP contribution in [-0.2, 0) is 11.0 Å². The first-order valence-electron chi connectivity index (χ1n) is 8.87. The molecule has 170 valence electrons. The molecule has 0 aliphatic rings. The van der Waals surface area contributed by atoms with E-state index in [-0.39, 0.29) is 11.3 Å². The van der Waals surface area contributed by atoms with E-state index in [1.165, 1.54) is 33.0 Å². The number of hydrogen-bond donors (Lipinski definition) is 3. The highest BCUT2D eigenvalue weighted by molar-refractivity contribution is 7.82. The molecule has 0 heterocycles. The molecule has 0 unspecified atom stereocenters. The fourth-order valence-corrected chi connectivity index (χ4v) is 2.91. The number of benzene rings is 2. The average molecular weight is 472 g/mol. The van der Waals surface area contributed by atoms with Crippen LogP contribution in [0, 0.1) is 23.0 Å². The van der Waals surface area contributed by atoms with Crippen molar-refractivity contribution in [1.82, 2.24) is 5.32 Å². The second kappa shape index (κ2) is 9.04. The van der Waals surface area contributed by atoms with Crippen molar-refractivity contribution in [3.8, 4) is 6.07 Å². The van der Waals surface area contributed by atoms with Gasteiger partial charge in [-0.05, 0) is 44.2 Å². The molecule has 0 saturated heterocycles. The van der Waals surface area contributed by atoms with E-state index >= 15 is 0 Å². The molecule has 0 aromatic heterocycles. The molecule has 2 amide bonds. The highest BCUT2D eigenvalue weighted by atomic mass is 32.1. The van der Waals surface area contributed by atoms with Gasteiger partial charge in [0.05, 0.1) is 28.6 Å². The number of carbonyl (C=O) groups excluding carboxylic acids is 2. The van der Waals surface area contributed by atoms with Gasteiger partial charge in [-0.25, -0.2) is 8.78 Å². The zero-order valence-corrected chi connectivity index (χ0v) is 17.8. The van der Waals surface area contributed by atoms with Gasteiger partial charge in [-0.15, -0.1) is 0 Å². The molecular formula is C20H17F5N4O2S. The van der Waals surface area contributed by atoms with Gasteiger partial charge in [-0.2, -0.15) is 18.4 Å². The Morgan fingerprint density at radius 2 is 1.75 bits per heavy atom. The number of amides is 2. The summed E-state index contributed by atoms with van der Waals surface area (Å²) in [5, 5.41) is 13.1. The van der Waals surface area contributed by atoms with Crippen LogP contribution in [0.15, 0.2) is 30.3 Å². The van der Waals surface area contributed by atoms with Crippen LogP contribution in [0.2, 0.25) is 0 Å². The summed E-state index contributed by atoms with van der Waals surface area (Å²) in [6.45, 7) is 2.62. The lowest BCUT2D eigenvalue weighted by Crippen LogP contribution is -2.48. The molecule has 0 fully saturated rings. The van der Waals surface area contributed by atoms with Crippen LogP contribution in [0.3, 0.4) is 0 Å². The molecule has 6 nitrogen and oxygen atoms in total. The molecule has 2 aromatic rings. The van der Waals surface area contributed by atoms with Crippen LogP contribution in [0.5, 0.6) is 0 Å². The second-order valence-electron chi connectivity index (χ2n) is 7.03. The quantitative estimate of drug-likeness (QED) is 0.448. The maximum absolute atomic E-state index is 14.5. The fraction of sp³-hybridized carbons (Fsp3) is 0.250. The number of halogens is 5. The fourth-order valence-electron chi connectivity index (χ4n) is 2.69. The number of rotatable bonds is 5. The summed E-state index contributed by atoms with van der Waals surface area (Å²) in [5.41, 5.74) is -5.35. The van der Waals surface area contributed by atoms with E-state index in [0.29, 0.717) is 0 Å². The first kappa shape index (κ1) is 24.9. The van der Waals surface area contributed by atoms with Crippen LogP contribution >= 0.6 is 12.8 Å². The molecule has 0 spiro atoms. The van der Waals surface area contributed by atoms with Crippen LogP contribution in [0.25, 0.3) is 0 Å². The number of nitrogens with one attached hydrogen (secondary N) is 2. The van der Waals surface area contributed by atoms with Gasteiger partial charge in [0.15, 0.2) is 5.82 Å². The minimum absolute atomic E-state index is 0.0508. The molecule has 12 heteroatoms. The minimum atomic E-state index is -5.16. The minimum Gasteiger partial charge on any atom is -0.355 e. The Labute approximate surface area is 185 Å². The van der Waals surface area contributed by atoms with Crippen molar-refractivity contribution in [2.75, 3.05) is 16.7 Å². The molecule has 0 radical (unpaired) electrons. The summed E-state index contributed by atoms with van der Waals surface area (Å²) >= 11 is 4.17. The van der Waals surface area contributed by atoms with Gasteiger partial charge >= 0.3 is 6.18 Å². The van der Waals surface area contributed by atoms with Gasteiger partial charge in [-0.1, -0.05) is 12.8 Å². The van der Waals surface area contributed by atoms with Crippen molar-refractivity contribution in [2.45, 2.75) is 25.6 Å². The van der Waals surface area contributed by atoms with Crippen molar-refractivity contribution < 1.29 is 31.5 Å². The molecule has 2 aromatic carbocycles. The largest absolute Gasteiger partial charge is 0.420 e. The molecule has 0 saturated carbocycles. The van der Waals surface area contributed by atoms with Crippen molar-refractivity contribution >= 4 is 36.0 Å². The van der Waals surface area contributed by atoms with Crippen molar-refractivity contribution in [3.63, 3.8) is 0 Å². The molecule has 0 atom stereocenters. The lowest BCUT2D eigenvalue weighted by atomic mass is 10.0. The predicted molar refractivity (Wildman–Crippen MR) is 110 cm³/mol. The van der Waals surface area contributed by atoms with E-state index < -0.39 is 52.0 Å². The van der Waals surface area contributed by atoms with E-state index in [4.69, 9.17) is 5.26 Å². The number of nitriles is 1. The Balaban J connectivity index is 2.37. The number of alkyl halides is 3. The van der Waals surface area contributed by atoms with Gasteiger partial charge in [-0.3, -0.25) is 9.59 Å². The Morgan fingerprint density at radius 3 is 2.25 bits per heavy atom. The summed E-state index contributed by atoms with van der Waals surface area (Å²) < 4.78 is 69.2. The van der Waals surface area contributed by atoms with Gasteiger partial charge in [0.1, 0.15) is 16.9 Å². The van der Waals surface area contributed by atoms with E-state index in [1.807, 2.05) is 5.32 Å². The Hall–Kier alpha value is -3.33. The summed E-state index contributed by atoms with van der Waals surface area (Å²) in [5.74, 6) is -4.36. The molecule has 0 aliphatic carbocycles. The van der Waals surface area contributed by atoms with Gasteiger partial charge in [0.2, 0.25) is 0 Å². The van der Waals surface area contributed by atoms with Gasteiger partial charge in [0, 0.05) is 7.05 Å². The number of hydrogen-bond acceptors (Lipinski definition) is 5. The average Bonchev–Trinajstić information content (AvgIpc) is 2.72. The smallest absolute Gasteiger partial charge is 0.355 e. The van der Waals surface area contributed by atoms with Gasteiger partial charge in [0.25, 0.3) is 11.8 Å². The van der Waals surface area contributed by atoms with E-state index in [0.717, 1.165) is 28.6 Å². The molecule has 0 bridgehead atoms. The lowest BCUT2D eigenvalue weighted by Gasteiger charge is -2.34. The van der Waals surface area contributed by atoms with Gasteiger partial charge < -0.3 is 14.9 Å². The third-order valence-corrected chi connectivity index (χ3v) is 5.28. The summed E-state index contributed by atoms with van der Waals surface area (Å²) in [4.78, 5) is 24.4. The van der Waals surface area contributed by atoms with Crippen LogP contribution in [0.1, 0.15) is 35.3 Å². The molecule has 2 N–H and O–H groups in total. The first-order chi connectivity index (χ1) is 14.7.